The van der Waals surface area contributed by atoms with E-state index in [2.05, 4.69) is 30.3 Å². The lowest BCUT2D eigenvalue weighted by Crippen LogP contribution is -2.23. The molecule has 1 atom stereocenters. The highest BCUT2D eigenvalue weighted by atomic mass is 32.2. The lowest BCUT2D eigenvalue weighted by molar-refractivity contribution is 0.317. The zero-order chi connectivity index (χ0) is 11.3. The van der Waals surface area contributed by atoms with E-state index in [1.165, 1.54) is 11.1 Å². The van der Waals surface area contributed by atoms with Crippen molar-refractivity contribution in [2.45, 2.75) is 24.9 Å². The quantitative estimate of drug-likeness (QED) is 0.357. The third kappa shape index (κ3) is 3.83. The van der Waals surface area contributed by atoms with Gasteiger partial charge in [0.2, 0.25) is 0 Å². The van der Waals surface area contributed by atoms with E-state index in [-0.39, 0.29) is 11.1 Å². The minimum absolute atomic E-state index is 0.0375. The van der Waals surface area contributed by atoms with Crippen LogP contribution in [0.2, 0.25) is 0 Å². The van der Waals surface area contributed by atoms with Crippen LogP contribution in [0.25, 0.3) is 0 Å². The van der Waals surface area contributed by atoms with Gasteiger partial charge in [-0.3, -0.25) is 0 Å². The molecule has 4 heteroatoms. The van der Waals surface area contributed by atoms with Gasteiger partial charge in [0.1, 0.15) is 0 Å². The van der Waals surface area contributed by atoms with Crippen LogP contribution >= 0.6 is 11.8 Å². The Morgan fingerprint density at radius 3 is 2.93 bits per heavy atom. The molecule has 0 spiro atoms. The predicted molar refractivity (Wildman–Crippen MR) is 65.3 cm³/mol. The normalized spacial score (nSPS) is 13.9. The summed E-state index contributed by atoms with van der Waals surface area (Å²) < 4.78 is 0. The number of oxime groups is 1. The topological polar surface area (TPSA) is 58.6 Å². The summed E-state index contributed by atoms with van der Waals surface area (Å²) in [5, 5.41) is 11.5. The molecule has 3 N–H and O–H groups in total. The number of rotatable bonds is 4. The maximum atomic E-state index is 8.50. The third-order valence-electron chi connectivity index (χ3n) is 2.11. The van der Waals surface area contributed by atoms with Crippen LogP contribution in [-0.4, -0.2) is 16.3 Å². The second kappa shape index (κ2) is 5.66. The standard InChI is InChI=1S/C11H16N2OS/c1-8-4-3-5-10(6-8)7-15-9(2)11(12)13-14/h3-6,9,14H,7H2,1-2H3,(H2,12,13). The molecule has 3 nitrogen and oxygen atoms in total. The summed E-state index contributed by atoms with van der Waals surface area (Å²) in [5.41, 5.74) is 8.01. The van der Waals surface area contributed by atoms with Gasteiger partial charge in [-0.15, -0.1) is 11.8 Å². The van der Waals surface area contributed by atoms with Crippen LogP contribution < -0.4 is 5.73 Å². The maximum absolute atomic E-state index is 8.50. The summed E-state index contributed by atoms with van der Waals surface area (Å²) in [6.07, 6.45) is 0. The van der Waals surface area contributed by atoms with E-state index in [1.807, 2.05) is 13.0 Å². The van der Waals surface area contributed by atoms with E-state index in [0.717, 1.165) is 5.75 Å². The summed E-state index contributed by atoms with van der Waals surface area (Å²) in [6, 6.07) is 8.34. The number of hydrogen-bond acceptors (Lipinski definition) is 3. The van der Waals surface area contributed by atoms with Gasteiger partial charge in [0, 0.05) is 5.75 Å². The second-order valence-electron chi connectivity index (χ2n) is 3.47. The Bertz CT molecular complexity index is 352. The highest BCUT2D eigenvalue weighted by molar-refractivity contribution is 7.99. The zero-order valence-corrected chi connectivity index (χ0v) is 9.79. The number of benzene rings is 1. The van der Waals surface area contributed by atoms with E-state index in [1.54, 1.807) is 11.8 Å². The van der Waals surface area contributed by atoms with Gasteiger partial charge in [-0.25, -0.2) is 0 Å². The van der Waals surface area contributed by atoms with Gasteiger partial charge in [-0.2, -0.15) is 0 Å². The van der Waals surface area contributed by atoms with Crippen molar-refractivity contribution in [3.63, 3.8) is 0 Å². The molecule has 0 heterocycles. The van der Waals surface area contributed by atoms with Crippen molar-refractivity contribution >= 4 is 17.6 Å². The van der Waals surface area contributed by atoms with Gasteiger partial charge >= 0.3 is 0 Å². The van der Waals surface area contributed by atoms with Crippen LogP contribution in [0.5, 0.6) is 0 Å². The average molecular weight is 224 g/mol. The van der Waals surface area contributed by atoms with Crippen molar-refractivity contribution in [1.29, 1.82) is 0 Å². The summed E-state index contributed by atoms with van der Waals surface area (Å²) in [7, 11) is 0. The molecular formula is C11H16N2OS. The maximum Gasteiger partial charge on any atom is 0.152 e. The molecule has 82 valence electrons. The summed E-state index contributed by atoms with van der Waals surface area (Å²) in [5.74, 6) is 1.15. The molecule has 0 aliphatic carbocycles. The van der Waals surface area contributed by atoms with Gasteiger partial charge in [0.15, 0.2) is 5.84 Å². The Hall–Kier alpha value is -1.16. The van der Waals surface area contributed by atoms with Gasteiger partial charge < -0.3 is 10.9 Å². The molecule has 1 aromatic rings. The summed E-state index contributed by atoms with van der Waals surface area (Å²) >= 11 is 1.66. The van der Waals surface area contributed by atoms with Crippen LogP contribution in [-0.2, 0) is 5.75 Å². The first-order valence-electron chi connectivity index (χ1n) is 4.78. The summed E-state index contributed by atoms with van der Waals surface area (Å²) in [6.45, 7) is 4.00. The van der Waals surface area contributed by atoms with Gasteiger partial charge in [-0.1, -0.05) is 35.0 Å². The fourth-order valence-corrected chi connectivity index (χ4v) is 2.03. The van der Waals surface area contributed by atoms with Crippen LogP contribution in [0.15, 0.2) is 29.4 Å². The Balaban J connectivity index is 2.50. The molecule has 0 radical (unpaired) electrons. The van der Waals surface area contributed by atoms with Gasteiger partial charge in [0.25, 0.3) is 0 Å². The van der Waals surface area contributed by atoms with Crippen molar-refractivity contribution in [3.05, 3.63) is 35.4 Å². The number of hydrogen-bond donors (Lipinski definition) is 2. The van der Waals surface area contributed by atoms with Crippen molar-refractivity contribution in [1.82, 2.24) is 0 Å². The smallest absolute Gasteiger partial charge is 0.152 e. The molecule has 0 saturated carbocycles. The second-order valence-corrected chi connectivity index (χ2v) is 4.80. The fourth-order valence-electron chi connectivity index (χ4n) is 1.19. The van der Waals surface area contributed by atoms with Crippen LogP contribution in [0.1, 0.15) is 18.1 Å². The van der Waals surface area contributed by atoms with Gasteiger partial charge in [-0.05, 0) is 19.4 Å². The molecule has 0 amide bonds. The molecule has 1 unspecified atom stereocenters. The number of amidine groups is 1. The number of aryl methyl sites for hydroxylation is 1. The lowest BCUT2D eigenvalue weighted by Gasteiger charge is -2.09. The van der Waals surface area contributed by atoms with E-state index in [0.29, 0.717) is 0 Å². The van der Waals surface area contributed by atoms with Crippen molar-refractivity contribution in [2.75, 3.05) is 0 Å². The SMILES string of the molecule is Cc1cccc(CSC(C)C(N)=NO)c1. The van der Waals surface area contributed by atoms with Crippen molar-refractivity contribution < 1.29 is 5.21 Å². The molecule has 0 aliphatic heterocycles. The van der Waals surface area contributed by atoms with Crippen LogP contribution in [0, 0.1) is 6.92 Å². The minimum atomic E-state index is 0.0375. The highest BCUT2D eigenvalue weighted by Crippen LogP contribution is 2.18. The number of thioether (sulfide) groups is 1. The first kappa shape index (κ1) is 11.9. The van der Waals surface area contributed by atoms with Crippen molar-refractivity contribution in [2.24, 2.45) is 10.9 Å². The molecule has 0 aromatic heterocycles. The van der Waals surface area contributed by atoms with Crippen LogP contribution in [0.3, 0.4) is 0 Å². The highest BCUT2D eigenvalue weighted by Gasteiger charge is 2.07. The Morgan fingerprint density at radius 2 is 2.33 bits per heavy atom. The van der Waals surface area contributed by atoms with E-state index >= 15 is 0 Å². The molecule has 15 heavy (non-hydrogen) atoms. The Morgan fingerprint density at radius 1 is 1.60 bits per heavy atom. The predicted octanol–water partition coefficient (Wildman–Crippen LogP) is 2.36. The monoisotopic (exact) mass is 224 g/mol. The fraction of sp³-hybridized carbons (Fsp3) is 0.364. The number of nitrogens with two attached hydrogens (primary N) is 1. The molecule has 0 saturated heterocycles. The Kier molecular flexibility index (Phi) is 4.49. The average Bonchev–Trinajstić information content (AvgIpc) is 2.25. The number of nitrogens with zero attached hydrogens (tertiary/aromatic N) is 1. The van der Waals surface area contributed by atoms with E-state index in [4.69, 9.17) is 10.9 Å². The first-order valence-corrected chi connectivity index (χ1v) is 5.83. The van der Waals surface area contributed by atoms with E-state index < -0.39 is 0 Å². The molecule has 0 aliphatic rings. The molecule has 1 aromatic carbocycles. The van der Waals surface area contributed by atoms with Crippen LogP contribution in [0.4, 0.5) is 0 Å². The zero-order valence-electron chi connectivity index (χ0n) is 8.97. The third-order valence-corrected chi connectivity index (χ3v) is 3.36. The first-order chi connectivity index (χ1) is 7.13. The largest absolute Gasteiger partial charge is 0.409 e. The summed E-state index contributed by atoms with van der Waals surface area (Å²) in [4.78, 5) is 0. The minimum Gasteiger partial charge on any atom is -0.409 e. The molecule has 1 rings (SSSR count). The van der Waals surface area contributed by atoms with Crippen molar-refractivity contribution in [3.8, 4) is 0 Å². The van der Waals surface area contributed by atoms with Gasteiger partial charge in [0.05, 0.1) is 5.25 Å². The van der Waals surface area contributed by atoms with E-state index in [9.17, 15) is 0 Å². The molecule has 0 fully saturated rings. The Labute approximate surface area is 94.4 Å². The molecular weight excluding hydrogens is 208 g/mol. The lowest BCUT2D eigenvalue weighted by atomic mass is 10.2. The molecule has 0 bridgehead atoms.